The number of benzene rings is 2. The summed E-state index contributed by atoms with van der Waals surface area (Å²) in [5.41, 5.74) is 1.99. The SMILES string of the molecule is COC(=O)[C@@H](Cc1ccccc1)[C@@H]1CCCN1C(=O)OCc1ccccc1. The normalized spacial score (nSPS) is 17.4. The minimum absolute atomic E-state index is 0.207. The fourth-order valence-corrected chi connectivity index (χ4v) is 3.64. The summed E-state index contributed by atoms with van der Waals surface area (Å²) < 4.78 is 10.5. The van der Waals surface area contributed by atoms with E-state index in [4.69, 9.17) is 9.47 Å². The van der Waals surface area contributed by atoms with Crippen molar-refractivity contribution in [2.75, 3.05) is 13.7 Å². The summed E-state index contributed by atoms with van der Waals surface area (Å²) in [6.07, 6.45) is 1.80. The molecule has 1 aliphatic heterocycles. The number of esters is 1. The molecule has 0 saturated carbocycles. The Balaban J connectivity index is 1.69. The highest BCUT2D eigenvalue weighted by Crippen LogP contribution is 2.28. The van der Waals surface area contributed by atoms with Gasteiger partial charge in [0, 0.05) is 12.6 Å². The number of methoxy groups -OCH3 is 1. The van der Waals surface area contributed by atoms with Gasteiger partial charge in [-0.1, -0.05) is 60.7 Å². The Kier molecular flexibility index (Phi) is 6.47. The van der Waals surface area contributed by atoms with Crippen LogP contribution in [0.3, 0.4) is 0 Å². The van der Waals surface area contributed by atoms with Crippen LogP contribution in [-0.4, -0.2) is 36.7 Å². The molecule has 0 bridgehead atoms. The van der Waals surface area contributed by atoms with E-state index in [1.54, 1.807) is 4.90 Å². The Labute approximate surface area is 159 Å². The monoisotopic (exact) mass is 367 g/mol. The zero-order valence-electron chi connectivity index (χ0n) is 15.5. The molecule has 1 amide bonds. The van der Waals surface area contributed by atoms with Crippen molar-refractivity contribution in [3.05, 3.63) is 71.8 Å². The van der Waals surface area contributed by atoms with Gasteiger partial charge in [0.05, 0.1) is 13.0 Å². The Morgan fingerprint density at radius 3 is 2.30 bits per heavy atom. The number of hydrogen-bond donors (Lipinski definition) is 0. The smallest absolute Gasteiger partial charge is 0.410 e. The maximum atomic E-state index is 12.6. The van der Waals surface area contributed by atoms with Gasteiger partial charge in [-0.05, 0) is 30.4 Å². The van der Waals surface area contributed by atoms with Crippen LogP contribution in [0.15, 0.2) is 60.7 Å². The van der Waals surface area contributed by atoms with E-state index < -0.39 is 5.92 Å². The predicted octanol–water partition coefficient (Wildman–Crippen LogP) is 3.82. The van der Waals surface area contributed by atoms with Gasteiger partial charge in [0.1, 0.15) is 6.61 Å². The number of rotatable bonds is 6. The van der Waals surface area contributed by atoms with E-state index in [9.17, 15) is 9.59 Å². The van der Waals surface area contributed by atoms with Crippen LogP contribution in [0.4, 0.5) is 4.79 Å². The lowest BCUT2D eigenvalue weighted by Crippen LogP contribution is -2.44. The molecule has 1 saturated heterocycles. The van der Waals surface area contributed by atoms with Crippen LogP contribution in [0.2, 0.25) is 0 Å². The average Bonchev–Trinajstić information content (AvgIpc) is 3.21. The van der Waals surface area contributed by atoms with Crippen LogP contribution in [0.1, 0.15) is 24.0 Å². The molecule has 0 unspecified atom stereocenters. The summed E-state index contributed by atoms with van der Waals surface area (Å²) in [7, 11) is 1.40. The number of carbonyl (C=O) groups is 2. The first-order valence-corrected chi connectivity index (χ1v) is 9.28. The lowest BCUT2D eigenvalue weighted by Gasteiger charge is -2.29. The van der Waals surface area contributed by atoms with E-state index in [0.717, 1.165) is 24.0 Å². The second kappa shape index (κ2) is 9.21. The van der Waals surface area contributed by atoms with Crippen molar-refractivity contribution >= 4 is 12.1 Å². The molecule has 0 radical (unpaired) electrons. The van der Waals surface area contributed by atoms with Crippen LogP contribution in [-0.2, 0) is 27.3 Å². The number of nitrogens with zero attached hydrogens (tertiary/aromatic N) is 1. The minimum Gasteiger partial charge on any atom is -0.469 e. The zero-order chi connectivity index (χ0) is 19.1. The quantitative estimate of drug-likeness (QED) is 0.729. The summed E-state index contributed by atoms with van der Waals surface area (Å²) in [4.78, 5) is 26.8. The second-order valence-electron chi connectivity index (χ2n) is 6.76. The summed E-state index contributed by atoms with van der Waals surface area (Å²) in [5, 5.41) is 0. The fraction of sp³-hybridized carbons (Fsp3) is 0.364. The summed E-state index contributed by atoms with van der Waals surface area (Å²) in [5.74, 6) is -0.684. The second-order valence-corrected chi connectivity index (χ2v) is 6.76. The van der Waals surface area contributed by atoms with E-state index in [1.807, 2.05) is 60.7 Å². The van der Waals surface area contributed by atoms with Gasteiger partial charge in [-0.3, -0.25) is 4.79 Å². The molecule has 27 heavy (non-hydrogen) atoms. The van der Waals surface area contributed by atoms with Crippen molar-refractivity contribution in [2.45, 2.75) is 31.9 Å². The summed E-state index contributed by atoms with van der Waals surface area (Å²) >= 11 is 0. The number of likely N-dealkylation sites (tertiary alicyclic amines) is 1. The van der Waals surface area contributed by atoms with Crippen LogP contribution >= 0.6 is 0 Å². The molecule has 142 valence electrons. The molecule has 5 nitrogen and oxygen atoms in total. The number of carbonyl (C=O) groups excluding carboxylic acids is 2. The van der Waals surface area contributed by atoms with E-state index in [0.29, 0.717) is 13.0 Å². The van der Waals surface area contributed by atoms with E-state index in [-0.39, 0.29) is 24.7 Å². The first-order valence-electron chi connectivity index (χ1n) is 9.28. The van der Waals surface area contributed by atoms with Gasteiger partial charge in [0.25, 0.3) is 0 Å². The molecule has 0 aliphatic carbocycles. The molecule has 0 N–H and O–H groups in total. The van der Waals surface area contributed by atoms with Crippen molar-refractivity contribution in [1.29, 1.82) is 0 Å². The minimum atomic E-state index is -0.399. The van der Waals surface area contributed by atoms with Gasteiger partial charge in [0.2, 0.25) is 0 Å². The third-order valence-electron chi connectivity index (χ3n) is 5.01. The van der Waals surface area contributed by atoms with Gasteiger partial charge in [-0.15, -0.1) is 0 Å². The van der Waals surface area contributed by atoms with Gasteiger partial charge in [-0.25, -0.2) is 4.79 Å². The third-order valence-corrected chi connectivity index (χ3v) is 5.01. The topological polar surface area (TPSA) is 55.8 Å². The molecule has 1 fully saturated rings. The largest absolute Gasteiger partial charge is 0.469 e. The van der Waals surface area contributed by atoms with Crippen molar-refractivity contribution in [1.82, 2.24) is 4.90 Å². The summed E-state index contributed by atoms with van der Waals surface area (Å²) in [6.45, 7) is 0.824. The zero-order valence-corrected chi connectivity index (χ0v) is 15.5. The van der Waals surface area contributed by atoms with Crippen molar-refractivity contribution in [3.8, 4) is 0 Å². The highest BCUT2D eigenvalue weighted by atomic mass is 16.6. The molecule has 2 aromatic carbocycles. The van der Waals surface area contributed by atoms with Gasteiger partial charge < -0.3 is 14.4 Å². The molecule has 2 aromatic rings. The average molecular weight is 367 g/mol. The summed E-state index contributed by atoms with van der Waals surface area (Å²) in [6, 6.07) is 19.2. The standard InChI is InChI=1S/C22H25NO4/c1-26-21(24)19(15-17-9-4-2-5-10-17)20-13-8-14-23(20)22(25)27-16-18-11-6-3-7-12-18/h2-7,9-12,19-20H,8,13-16H2,1H3/t19-,20-/m0/s1. The molecular formula is C22H25NO4. The number of hydrogen-bond acceptors (Lipinski definition) is 4. The highest BCUT2D eigenvalue weighted by molar-refractivity contribution is 5.76. The molecule has 0 aromatic heterocycles. The maximum Gasteiger partial charge on any atom is 0.410 e. The van der Waals surface area contributed by atoms with E-state index in [1.165, 1.54) is 7.11 Å². The first kappa shape index (κ1) is 19.0. The molecule has 5 heteroatoms. The molecule has 2 atom stereocenters. The Morgan fingerprint density at radius 1 is 1.04 bits per heavy atom. The van der Waals surface area contributed by atoms with Gasteiger partial charge in [0.15, 0.2) is 0 Å². The molecule has 0 spiro atoms. The van der Waals surface area contributed by atoms with Gasteiger partial charge >= 0.3 is 12.1 Å². The first-order chi connectivity index (χ1) is 13.2. The van der Waals surface area contributed by atoms with Gasteiger partial charge in [-0.2, -0.15) is 0 Å². The molecular weight excluding hydrogens is 342 g/mol. The number of amides is 1. The highest BCUT2D eigenvalue weighted by Gasteiger charge is 2.39. The molecule has 1 heterocycles. The van der Waals surface area contributed by atoms with Crippen LogP contribution in [0, 0.1) is 5.92 Å². The lowest BCUT2D eigenvalue weighted by atomic mass is 9.90. The van der Waals surface area contributed by atoms with Crippen LogP contribution in [0.5, 0.6) is 0 Å². The number of ether oxygens (including phenoxy) is 2. The van der Waals surface area contributed by atoms with Crippen molar-refractivity contribution in [2.24, 2.45) is 5.92 Å². The Bertz CT molecular complexity index is 747. The Morgan fingerprint density at radius 2 is 1.67 bits per heavy atom. The lowest BCUT2D eigenvalue weighted by molar-refractivity contribution is -0.147. The fourth-order valence-electron chi connectivity index (χ4n) is 3.64. The van der Waals surface area contributed by atoms with E-state index >= 15 is 0 Å². The van der Waals surface area contributed by atoms with Crippen LogP contribution < -0.4 is 0 Å². The molecule has 3 rings (SSSR count). The maximum absolute atomic E-state index is 12.6. The van der Waals surface area contributed by atoms with E-state index in [2.05, 4.69) is 0 Å². The third kappa shape index (κ3) is 4.88. The van der Waals surface area contributed by atoms with Crippen molar-refractivity contribution < 1.29 is 19.1 Å². The molecule has 1 aliphatic rings. The Hall–Kier alpha value is -2.82. The van der Waals surface area contributed by atoms with Crippen LogP contribution in [0.25, 0.3) is 0 Å². The van der Waals surface area contributed by atoms with Crippen molar-refractivity contribution in [3.63, 3.8) is 0 Å². The predicted molar refractivity (Wildman–Crippen MR) is 102 cm³/mol.